The number of nitrogens with zero attached hydrogens (tertiary/aromatic N) is 2. The molecule has 0 radical (unpaired) electrons. The summed E-state index contributed by atoms with van der Waals surface area (Å²) >= 11 is 0. The van der Waals surface area contributed by atoms with Gasteiger partial charge in [0.05, 0.1) is 59.2 Å². The van der Waals surface area contributed by atoms with Gasteiger partial charge in [0.15, 0.2) is 5.75 Å². The van der Waals surface area contributed by atoms with E-state index in [1.165, 1.54) is 59.4 Å². The number of anilines is 1. The van der Waals surface area contributed by atoms with Gasteiger partial charge < -0.3 is 49.8 Å². The molecule has 3 aliphatic rings. The van der Waals surface area contributed by atoms with E-state index in [0.717, 1.165) is 6.21 Å². The lowest BCUT2D eigenvalue weighted by Gasteiger charge is -2.38. The molecule has 3 aromatic carbocycles. The van der Waals surface area contributed by atoms with Crippen LogP contribution in [0, 0.1) is 30.6 Å². The number of methoxy groups -OCH3 is 1. The number of aliphatic hydroxyl groups excluding tert-OH is 2. The van der Waals surface area contributed by atoms with E-state index in [1.807, 2.05) is 18.2 Å². The number of ether oxygens (including phenoxy) is 4. The number of rotatable bonds is 5. The van der Waals surface area contributed by atoms with Gasteiger partial charge in [0.1, 0.15) is 23.4 Å². The van der Waals surface area contributed by atoms with E-state index in [-0.39, 0.29) is 44.5 Å². The highest BCUT2D eigenvalue weighted by atomic mass is 16.7. The Labute approximate surface area is 348 Å². The zero-order valence-corrected chi connectivity index (χ0v) is 35.0. The number of hydrogen-bond acceptors (Lipinski definition) is 14. The number of ketones is 1. The first-order chi connectivity index (χ1) is 28.3. The van der Waals surface area contributed by atoms with Crippen molar-refractivity contribution in [1.29, 1.82) is 0 Å². The molecule has 3 aromatic rings. The minimum Gasteiger partial charge on any atom is -0.507 e. The molecule has 0 saturated heterocycles. The average molecular weight is 828 g/mol. The van der Waals surface area contributed by atoms with Gasteiger partial charge in [0.2, 0.25) is 0 Å². The number of aliphatic hydroxyl groups is 2. The van der Waals surface area contributed by atoms with Crippen LogP contribution in [0.15, 0.2) is 76.7 Å². The van der Waals surface area contributed by atoms with E-state index >= 15 is 0 Å². The molecule has 3 heterocycles. The van der Waals surface area contributed by atoms with Gasteiger partial charge in [-0.25, -0.2) is 0 Å². The van der Waals surface area contributed by atoms with Crippen LogP contribution in [-0.4, -0.2) is 92.9 Å². The lowest BCUT2D eigenvalue weighted by molar-refractivity contribution is -0.160. The number of amides is 1. The van der Waals surface area contributed by atoms with Gasteiger partial charge in [0, 0.05) is 61.2 Å². The Morgan fingerprint density at radius 1 is 0.883 bits per heavy atom. The van der Waals surface area contributed by atoms with Crippen LogP contribution in [0.1, 0.15) is 75.5 Å². The van der Waals surface area contributed by atoms with Crippen LogP contribution in [0.25, 0.3) is 10.8 Å². The Hall–Kier alpha value is -6.03. The van der Waals surface area contributed by atoms with E-state index in [4.69, 9.17) is 18.9 Å². The third-order valence-electron chi connectivity index (χ3n) is 11.3. The number of benzene rings is 3. The lowest BCUT2D eigenvalue weighted by atomic mass is 9.78. The van der Waals surface area contributed by atoms with E-state index in [2.05, 4.69) is 15.5 Å². The summed E-state index contributed by atoms with van der Waals surface area (Å²) in [5.74, 6) is -8.71. The molecule has 3 aliphatic heterocycles. The number of aromatic hydroxyl groups is 3. The van der Waals surface area contributed by atoms with Crippen molar-refractivity contribution >= 4 is 46.5 Å². The van der Waals surface area contributed by atoms with Crippen molar-refractivity contribution in [2.24, 2.45) is 33.9 Å². The zero-order chi connectivity index (χ0) is 44.2. The van der Waals surface area contributed by atoms with Crippen LogP contribution in [0.3, 0.4) is 0 Å². The van der Waals surface area contributed by atoms with Crippen LogP contribution < -0.4 is 10.1 Å². The number of phenolic OH excluding ortho intramolecular Hbond substituents is 3. The largest absolute Gasteiger partial charge is 0.507 e. The van der Waals surface area contributed by atoms with Crippen LogP contribution in [0.4, 0.5) is 5.69 Å². The van der Waals surface area contributed by atoms with Crippen molar-refractivity contribution in [2.45, 2.75) is 85.6 Å². The first-order valence-electron chi connectivity index (χ1n) is 19.5. The number of nitrogens with one attached hydrogen (secondary N) is 1. The summed E-state index contributed by atoms with van der Waals surface area (Å²) in [6.07, 6.45) is 5.95. The Bertz CT molecular complexity index is 2280. The Balaban J connectivity index is 1.71. The summed E-state index contributed by atoms with van der Waals surface area (Å²) in [5, 5.41) is 68.3. The van der Waals surface area contributed by atoms with Gasteiger partial charge in [-0.1, -0.05) is 76.3 Å². The van der Waals surface area contributed by atoms with Crippen molar-refractivity contribution in [3.05, 3.63) is 88.7 Å². The molecule has 0 fully saturated rings. The maximum atomic E-state index is 14.4. The fourth-order valence-electron chi connectivity index (χ4n) is 7.60. The fraction of sp³-hybridized carbons (Fsp3) is 0.400. The molecule has 9 atom stereocenters. The minimum atomic E-state index is -2.07. The summed E-state index contributed by atoms with van der Waals surface area (Å²) < 4.78 is 23.5. The monoisotopic (exact) mass is 827 g/mol. The zero-order valence-electron chi connectivity index (χ0n) is 35.0. The molecule has 5 bridgehead atoms. The number of phenols is 3. The van der Waals surface area contributed by atoms with Crippen molar-refractivity contribution < 1.29 is 58.9 Å². The molecule has 320 valence electrons. The quantitative estimate of drug-likeness (QED) is 0.0555. The van der Waals surface area contributed by atoms with Crippen LogP contribution in [-0.2, 0) is 23.8 Å². The van der Waals surface area contributed by atoms with Crippen molar-refractivity contribution in [1.82, 2.24) is 0 Å². The lowest BCUT2D eigenvalue weighted by Crippen LogP contribution is -2.46. The second kappa shape index (κ2) is 18.5. The molecule has 15 heteroatoms. The number of carbonyl (C=O) groups excluding carboxylic acids is 3. The molecule has 15 nitrogen and oxygen atoms in total. The molecule has 6 rings (SSSR count). The van der Waals surface area contributed by atoms with Crippen molar-refractivity contribution in [3.8, 4) is 23.0 Å². The predicted octanol–water partition coefficient (Wildman–Crippen LogP) is 6.21. The van der Waals surface area contributed by atoms with Gasteiger partial charge in [-0.3, -0.25) is 14.4 Å². The SMILES string of the molecule is CO[C@H]1/C=C/O[C@@]2(C)Oc3c(C)c(O)c4c(O)c(c(C=NN=Cc5ccccc5)c(O)c4c3C2=O)NC(=O)/C(C)=C\C=C\[C@H](C)[C@H](O)[C@@H](C)[C@@H](O)[C@H](C)[C@H](OC(C)=O)[C@H]1C. The molecule has 0 aromatic heterocycles. The highest BCUT2D eigenvalue weighted by Gasteiger charge is 2.50. The molecule has 1 amide bonds. The minimum absolute atomic E-state index is 0.0282. The second-order valence-electron chi connectivity index (χ2n) is 15.5. The number of hydrogen-bond donors (Lipinski definition) is 6. The maximum Gasteiger partial charge on any atom is 0.312 e. The molecule has 0 spiro atoms. The normalized spacial score (nSPS) is 29.9. The average Bonchev–Trinajstić information content (AvgIpc) is 3.48. The number of carbonyl (C=O) groups is 3. The predicted molar refractivity (Wildman–Crippen MR) is 225 cm³/mol. The van der Waals surface area contributed by atoms with Crippen molar-refractivity contribution in [2.75, 3.05) is 12.4 Å². The van der Waals surface area contributed by atoms with Crippen LogP contribution in [0.2, 0.25) is 0 Å². The van der Waals surface area contributed by atoms with Gasteiger partial charge in [-0.2, -0.15) is 10.2 Å². The molecule has 0 unspecified atom stereocenters. The maximum absolute atomic E-state index is 14.4. The van der Waals surface area contributed by atoms with Gasteiger partial charge >= 0.3 is 11.8 Å². The highest BCUT2D eigenvalue weighted by molar-refractivity contribution is 6.23. The summed E-state index contributed by atoms with van der Waals surface area (Å²) in [6.45, 7) is 12.4. The standard InChI is InChI=1S/C45H53N3O12/c1-22-14-13-15-23(2)44(56)48-35-30(21-47-46-20-29-16-11-10-12-17-29)39(53)32-33(40(35)54)38(52)27(6)42-34(32)43(55)45(8,60-42)58-19-18-31(57-9)24(3)41(59-28(7)49)26(5)37(51)25(4)36(22)50/h10-22,24-26,31,36-37,41,50-54H,1-9H3,(H,48,56)/b14-13+,19-18+,23-15-,46-20?,47-21?/t22-,24-,25+,26-,31-,36-,37+,41+,45-/m0/s1. The Morgan fingerprint density at radius 3 is 2.20 bits per heavy atom. The highest BCUT2D eigenvalue weighted by Crippen LogP contribution is 2.55. The molecule has 0 saturated carbocycles. The first kappa shape index (κ1) is 45.1. The summed E-state index contributed by atoms with van der Waals surface area (Å²) in [7, 11) is 1.43. The Morgan fingerprint density at radius 2 is 1.55 bits per heavy atom. The Kier molecular flexibility index (Phi) is 13.9. The molecule has 6 N–H and O–H groups in total. The van der Waals surface area contributed by atoms with Crippen molar-refractivity contribution in [3.63, 3.8) is 0 Å². The first-order valence-corrected chi connectivity index (χ1v) is 19.5. The summed E-state index contributed by atoms with van der Waals surface area (Å²) in [4.78, 5) is 40.4. The topological polar surface area (TPSA) is 226 Å². The summed E-state index contributed by atoms with van der Waals surface area (Å²) in [5.41, 5.74) is 0.0665. The third-order valence-corrected chi connectivity index (χ3v) is 11.3. The molecular weight excluding hydrogens is 775 g/mol. The number of fused-ring (bicyclic) bond motifs is 14. The fourth-order valence-corrected chi connectivity index (χ4v) is 7.60. The van der Waals surface area contributed by atoms with Gasteiger partial charge in [-0.15, -0.1) is 0 Å². The third kappa shape index (κ3) is 8.93. The summed E-state index contributed by atoms with van der Waals surface area (Å²) in [6, 6.07) is 9.03. The molecule has 60 heavy (non-hydrogen) atoms. The van der Waals surface area contributed by atoms with Crippen LogP contribution in [0.5, 0.6) is 23.0 Å². The number of allylic oxidation sites excluding steroid dienone is 2. The molecular formula is C45H53N3O12. The van der Waals surface area contributed by atoms with E-state index in [0.29, 0.717) is 5.56 Å². The van der Waals surface area contributed by atoms with Gasteiger partial charge in [0.25, 0.3) is 11.7 Å². The van der Waals surface area contributed by atoms with E-state index in [9.17, 15) is 39.9 Å². The van der Waals surface area contributed by atoms with Gasteiger partial charge in [-0.05, 0) is 25.5 Å². The van der Waals surface area contributed by atoms with E-state index < -0.39 is 88.8 Å². The second-order valence-corrected chi connectivity index (χ2v) is 15.5. The van der Waals surface area contributed by atoms with E-state index in [1.54, 1.807) is 52.0 Å². The van der Waals surface area contributed by atoms with Crippen LogP contribution >= 0.6 is 0 Å². The number of Topliss-reactive ketones (excluding diaryl/α,β-unsaturated/α-hetero) is 1. The molecule has 0 aliphatic carbocycles. The smallest absolute Gasteiger partial charge is 0.312 e. The number of esters is 1.